The first-order valence-corrected chi connectivity index (χ1v) is 9.65. The van der Waals surface area contributed by atoms with Gasteiger partial charge in [0.2, 0.25) is 0 Å². The van der Waals surface area contributed by atoms with Gasteiger partial charge < -0.3 is 10.2 Å². The Morgan fingerprint density at radius 2 is 1.46 bits per heavy atom. The molecule has 0 saturated carbocycles. The summed E-state index contributed by atoms with van der Waals surface area (Å²) in [5.41, 5.74) is 0.000558. The Kier molecular flexibility index (Phi) is 4.21. The summed E-state index contributed by atoms with van der Waals surface area (Å²) < 4.78 is 33.3. The fraction of sp³-hybridized carbons (Fsp3) is 0. The van der Waals surface area contributed by atoms with Crippen molar-refractivity contribution in [3.8, 4) is 11.5 Å². The van der Waals surface area contributed by atoms with Crippen LogP contribution in [-0.4, -0.2) is 23.2 Å². The molecule has 140 valence electrons. The molecule has 0 aliphatic carbocycles. The Balaban J connectivity index is 1.98. The minimum atomic E-state index is -4.70. The van der Waals surface area contributed by atoms with Crippen molar-refractivity contribution in [3.63, 3.8) is 0 Å². The van der Waals surface area contributed by atoms with Crippen molar-refractivity contribution in [2.24, 2.45) is 10.2 Å². The first-order valence-electron chi connectivity index (χ1n) is 8.21. The minimum Gasteiger partial charge on any atom is -0.507 e. The van der Waals surface area contributed by atoms with Gasteiger partial charge in [-0.05, 0) is 29.0 Å². The molecule has 3 N–H and O–H groups in total. The Morgan fingerprint density at radius 1 is 0.786 bits per heavy atom. The van der Waals surface area contributed by atoms with Crippen LogP contribution in [0.2, 0.25) is 0 Å². The van der Waals surface area contributed by atoms with Crippen LogP contribution < -0.4 is 0 Å². The molecule has 28 heavy (non-hydrogen) atoms. The van der Waals surface area contributed by atoms with Crippen molar-refractivity contribution in [1.29, 1.82) is 0 Å². The highest BCUT2D eigenvalue weighted by molar-refractivity contribution is 7.86. The van der Waals surface area contributed by atoms with Gasteiger partial charge in [-0.2, -0.15) is 8.42 Å². The minimum absolute atomic E-state index is 0.0155. The molecule has 4 aromatic rings. The normalized spacial score (nSPS) is 12.2. The van der Waals surface area contributed by atoms with Gasteiger partial charge in [-0.1, -0.05) is 48.5 Å². The highest BCUT2D eigenvalue weighted by atomic mass is 32.2. The van der Waals surface area contributed by atoms with Gasteiger partial charge in [-0.25, -0.2) is 0 Å². The summed E-state index contributed by atoms with van der Waals surface area (Å²) in [6.45, 7) is 0. The molecular weight excluding hydrogens is 380 g/mol. The average molecular weight is 394 g/mol. The molecule has 0 saturated heterocycles. The van der Waals surface area contributed by atoms with Crippen LogP contribution in [0.15, 0.2) is 81.9 Å². The number of azo groups is 1. The van der Waals surface area contributed by atoms with Crippen molar-refractivity contribution >= 4 is 43.0 Å². The molecule has 7 nitrogen and oxygen atoms in total. The van der Waals surface area contributed by atoms with Gasteiger partial charge in [0.15, 0.2) is 5.75 Å². The number of aromatic hydroxyl groups is 2. The highest BCUT2D eigenvalue weighted by Gasteiger charge is 2.23. The number of phenols is 2. The summed E-state index contributed by atoms with van der Waals surface area (Å²) in [4.78, 5) is -0.605. The Hall–Kier alpha value is -3.49. The van der Waals surface area contributed by atoms with Gasteiger partial charge in [0, 0.05) is 5.39 Å². The smallest absolute Gasteiger partial charge is 0.296 e. The second kappa shape index (κ2) is 6.59. The number of hydrogen-bond acceptors (Lipinski definition) is 6. The van der Waals surface area contributed by atoms with Crippen molar-refractivity contribution in [2.75, 3.05) is 0 Å². The predicted molar refractivity (Wildman–Crippen MR) is 105 cm³/mol. The van der Waals surface area contributed by atoms with E-state index in [0.29, 0.717) is 5.69 Å². The zero-order chi connectivity index (χ0) is 19.9. The molecule has 0 unspecified atom stereocenters. The van der Waals surface area contributed by atoms with Gasteiger partial charge in [-0.15, -0.1) is 10.2 Å². The van der Waals surface area contributed by atoms with Crippen LogP contribution in [0.4, 0.5) is 11.4 Å². The van der Waals surface area contributed by atoms with E-state index in [1.54, 1.807) is 12.1 Å². The lowest BCUT2D eigenvalue weighted by molar-refractivity contribution is 0.460. The quantitative estimate of drug-likeness (QED) is 0.331. The zero-order valence-electron chi connectivity index (χ0n) is 14.3. The van der Waals surface area contributed by atoms with E-state index < -0.39 is 26.5 Å². The Morgan fingerprint density at radius 3 is 2.25 bits per heavy atom. The lowest BCUT2D eigenvalue weighted by atomic mass is 10.1. The molecule has 4 aromatic carbocycles. The molecule has 0 aliphatic rings. The second-order valence-electron chi connectivity index (χ2n) is 6.12. The monoisotopic (exact) mass is 394 g/mol. The third-order valence-electron chi connectivity index (χ3n) is 4.36. The van der Waals surface area contributed by atoms with E-state index in [1.807, 2.05) is 30.3 Å². The molecule has 0 aromatic heterocycles. The van der Waals surface area contributed by atoms with Crippen molar-refractivity contribution < 1.29 is 23.2 Å². The number of fused-ring (bicyclic) bond motifs is 2. The number of benzene rings is 4. The molecule has 0 heterocycles. The molecule has 0 atom stereocenters. The molecule has 0 radical (unpaired) electrons. The zero-order valence-corrected chi connectivity index (χ0v) is 15.1. The van der Waals surface area contributed by atoms with E-state index in [0.717, 1.165) is 16.8 Å². The van der Waals surface area contributed by atoms with Crippen LogP contribution in [0.3, 0.4) is 0 Å². The van der Waals surface area contributed by atoms with E-state index >= 15 is 0 Å². The van der Waals surface area contributed by atoms with Crippen LogP contribution in [0.1, 0.15) is 0 Å². The van der Waals surface area contributed by atoms with Gasteiger partial charge in [0.05, 0.1) is 11.1 Å². The van der Waals surface area contributed by atoms with E-state index in [2.05, 4.69) is 10.2 Å². The SMILES string of the molecule is O=S(=O)(O)c1cc2cccc(O)c2c(O)c1N=Nc1cccc2ccccc12. The molecule has 0 bridgehead atoms. The van der Waals surface area contributed by atoms with Crippen molar-refractivity contribution in [1.82, 2.24) is 0 Å². The van der Waals surface area contributed by atoms with Crippen LogP contribution in [0.25, 0.3) is 21.5 Å². The van der Waals surface area contributed by atoms with Gasteiger partial charge in [-0.3, -0.25) is 4.55 Å². The number of phenolic OH excluding ortho intramolecular Hbond substituents is 2. The summed E-state index contributed by atoms with van der Waals surface area (Å²) in [7, 11) is -4.70. The molecule has 0 amide bonds. The maximum absolute atomic E-state index is 11.8. The van der Waals surface area contributed by atoms with Crippen molar-refractivity contribution in [2.45, 2.75) is 4.90 Å². The third-order valence-corrected chi connectivity index (χ3v) is 5.23. The van der Waals surface area contributed by atoms with Crippen LogP contribution in [0, 0.1) is 0 Å². The van der Waals surface area contributed by atoms with Crippen molar-refractivity contribution in [3.05, 3.63) is 66.7 Å². The number of hydrogen-bond donors (Lipinski definition) is 3. The summed E-state index contributed by atoms with van der Waals surface area (Å²) in [5.74, 6) is -0.842. The number of rotatable bonds is 3. The molecule has 0 fully saturated rings. The maximum Gasteiger partial charge on any atom is 0.296 e. The summed E-state index contributed by atoms with van der Waals surface area (Å²) in [6.07, 6.45) is 0. The molecule has 0 aliphatic heterocycles. The fourth-order valence-electron chi connectivity index (χ4n) is 3.07. The van der Waals surface area contributed by atoms with E-state index in [9.17, 15) is 23.2 Å². The summed E-state index contributed by atoms with van der Waals surface area (Å²) >= 11 is 0. The lowest BCUT2D eigenvalue weighted by Crippen LogP contribution is -1.99. The summed E-state index contributed by atoms with van der Waals surface area (Å²) in [5, 5.41) is 30.6. The Labute approximate surface area is 160 Å². The topological polar surface area (TPSA) is 120 Å². The van der Waals surface area contributed by atoms with Gasteiger partial charge in [0.1, 0.15) is 16.3 Å². The molecule has 8 heteroatoms. The first-order chi connectivity index (χ1) is 13.4. The number of nitrogens with zero attached hydrogens (tertiary/aromatic N) is 2. The second-order valence-corrected chi connectivity index (χ2v) is 7.51. The average Bonchev–Trinajstić information content (AvgIpc) is 2.66. The van der Waals surface area contributed by atoms with Crippen LogP contribution in [-0.2, 0) is 10.1 Å². The molecular formula is C20H14N2O5S. The fourth-order valence-corrected chi connectivity index (χ4v) is 3.73. The van der Waals surface area contributed by atoms with Crippen LogP contribution >= 0.6 is 0 Å². The van der Waals surface area contributed by atoms with Gasteiger partial charge >= 0.3 is 0 Å². The predicted octanol–water partition coefficient (Wildman–Crippen LogP) is 5.07. The largest absolute Gasteiger partial charge is 0.507 e. The Bertz CT molecular complexity index is 1360. The highest BCUT2D eigenvalue weighted by Crippen LogP contribution is 2.44. The maximum atomic E-state index is 11.8. The lowest BCUT2D eigenvalue weighted by Gasteiger charge is -2.10. The standard InChI is InChI=1S/C20H14N2O5S/c23-16-10-4-7-13-11-17(28(25,26)27)19(20(24)18(13)16)22-21-15-9-3-6-12-5-1-2-8-14(12)15/h1-11,23-24H,(H,25,26,27). The van der Waals surface area contributed by atoms with Gasteiger partial charge in [0.25, 0.3) is 10.1 Å². The van der Waals surface area contributed by atoms with E-state index in [-0.39, 0.29) is 16.5 Å². The first kappa shape index (κ1) is 17.9. The summed E-state index contributed by atoms with van der Waals surface area (Å²) in [6, 6.07) is 18.2. The molecule has 4 rings (SSSR count). The molecule has 0 spiro atoms. The van der Waals surface area contributed by atoms with Crippen LogP contribution in [0.5, 0.6) is 11.5 Å². The van der Waals surface area contributed by atoms with E-state index in [4.69, 9.17) is 0 Å². The third kappa shape index (κ3) is 3.04. The van der Waals surface area contributed by atoms with E-state index in [1.165, 1.54) is 18.2 Å².